The maximum atomic E-state index is 15.7. The number of nitrogens with zero attached hydrogens (tertiary/aromatic N) is 5. The van der Waals surface area contributed by atoms with E-state index in [4.69, 9.17) is 22.1 Å². The van der Waals surface area contributed by atoms with E-state index in [9.17, 15) is 0 Å². The van der Waals surface area contributed by atoms with Gasteiger partial charge < -0.3 is 30.5 Å². The number of rotatable bonds is 5. The van der Waals surface area contributed by atoms with E-state index in [0.29, 0.717) is 29.7 Å². The van der Waals surface area contributed by atoms with Gasteiger partial charge in [0.1, 0.15) is 17.8 Å². The summed E-state index contributed by atoms with van der Waals surface area (Å²) in [6.07, 6.45) is 1.54. The average molecular weight is 526 g/mol. The van der Waals surface area contributed by atoms with Crippen LogP contribution in [0.4, 0.5) is 33.0 Å². The second kappa shape index (κ2) is 10.7. The molecule has 10 heteroatoms. The SMILES string of the molecule is C[C@@H]1CN(c2ccc(-c3cc(Nc4ncnc(Cl)c4N)c(N4CCN(C)[C@@H](C)C4)cc3F)cc2)CCO1. The minimum atomic E-state index is -0.284. The zero-order chi connectivity index (χ0) is 26.1. The zero-order valence-corrected chi connectivity index (χ0v) is 22.2. The van der Waals surface area contributed by atoms with Crippen molar-refractivity contribution in [1.29, 1.82) is 0 Å². The molecular weight excluding hydrogens is 493 g/mol. The van der Waals surface area contributed by atoms with E-state index in [0.717, 1.165) is 49.7 Å². The van der Waals surface area contributed by atoms with Crippen LogP contribution < -0.4 is 20.9 Å². The second-order valence-corrected chi connectivity index (χ2v) is 10.2. The standard InChI is InChI=1S/C27H33ClFN7O/c1-17-14-36(9-8-34(17)3)24-13-22(29)21(12-23(24)33-27-25(30)26(28)31-16-32-27)19-4-6-20(7-5-19)35-10-11-37-18(2)15-35/h4-7,12-13,16-18H,8-11,14-15,30H2,1-3H3,(H,31,32,33)/t17-,18+/m0/s1. The van der Waals surface area contributed by atoms with E-state index >= 15 is 4.39 Å². The Labute approximate surface area is 222 Å². The van der Waals surface area contributed by atoms with Gasteiger partial charge in [0.2, 0.25) is 0 Å². The summed E-state index contributed by atoms with van der Waals surface area (Å²) >= 11 is 6.14. The summed E-state index contributed by atoms with van der Waals surface area (Å²) < 4.78 is 21.3. The quantitative estimate of drug-likeness (QED) is 0.467. The summed E-state index contributed by atoms with van der Waals surface area (Å²) in [6.45, 7) is 9.06. The molecule has 196 valence electrons. The summed E-state index contributed by atoms with van der Waals surface area (Å²) in [4.78, 5) is 15.0. The molecule has 5 rings (SSSR count). The number of ether oxygens (including phenoxy) is 1. The van der Waals surface area contributed by atoms with Gasteiger partial charge in [-0.3, -0.25) is 0 Å². The minimum Gasteiger partial charge on any atom is -0.393 e. The van der Waals surface area contributed by atoms with E-state index in [1.807, 2.05) is 30.3 Å². The lowest BCUT2D eigenvalue weighted by atomic mass is 10.0. The molecule has 0 saturated carbocycles. The van der Waals surface area contributed by atoms with Crippen LogP contribution in [0.5, 0.6) is 0 Å². The number of hydrogen-bond donors (Lipinski definition) is 2. The molecule has 2 aromatic carbocycles. The molecule has 37 heavy (non-hydrogen) atoms. The first-order valence-electron chi connectivity index (χ1n) is 12.6. The normalized spacial score (nSPS) is 20.8. The molecule has 2 saturated heterocycles. The highest BCUT2D eigenvalue weighted by atomic mass is 35.5. The van der Waals surface area contributed by atoms with E-state index in [1.165, 1.54) is 6.33 Å². The van der Waals surface area contributed by atoms with Gasteiger partial charge in [0, 0.05) is 50.0 Å². The number of nitrogen functional groups attached to an aromatic ring is 1. The molecule has 0 unspecified atom stereocenters. The molecule has 0 radical (unpaired) electrons. The molecule has 3 heterocycles. The van der Waals surface area contributed by atoms with Crippen LogP contribution >= 0.6 is 11.6 Å². The lowest BCUT2D eigenvalue weighted by Gasteiger charge is -2.39. The third-order valence-corrected chi connectivity index (χ3v) is 7.56. The summed E-state index contributed by atoms with van der Waals surface area (Å²) in [5, 5.41) is 3.47. The Bertz CT molecular complexity index is 1260. The van der Waals surface area contributed by atoms with Crippen molar-refractivity contribution in [3.8, 4) is 11.1 Å². The number of nitrogens with one attached hydrogen (secondary N) is 1. The molecule has 2 fully saturated rings. The summed E-state index contributed by atoms with van der Waals surface area (Å²) in [5.41, 5.74) is 10.2. The van der Waals surface area contributed by atoms with Gasteiger partial charge in [-0.1, -0.05) is 23.7 Å². The Morgan fingerprint density at radius 3 is 2.57 bits per heavy atom. The fraction of sp³-hybridized carbons (Fsp3) is 0.407. The first kappa shape index (κ1) is 25.5. The maximum Gasteiger partial charge on any atom is 0.158 e. The van der Waals surface area contributed by atoms with Gasteiger partial charge in [0.15, 0.2) is 11.0 Å². The molecule has 3 aromatic rings. The van der Waals surface area contributed by atoms with Gasteiger partial charge in [0.05, 0.1) is 24.1 Å². The van der Waals surface area contributed by atoms with Crippen molar-refractivity contribution >= 4 is 40.2 Å². The van der Waals surface area contributed by atoms with Crippen molar-refractivity contribution in [3.63, 3.8) is 0 Å². The Kier molecular flexibility index (Phi) is 7.37. The highest BCUT2D eigenvalue weighted by Gasteiger charge is 2.25. The molecule has 0 bridgehead atoms. The van der Waals surface area contributed by atoms with Crippen LogP contribution in [0.1, 0.15) is 13.8 Å². The number of nitrogens with two attached hydrogens (primary N) is 1. The zero-order valence-electron chi connectivity index (χ0n) is 21.4. The predicted octanol–water partition coefficient (Wildman–Crippen LogP) is 4.63. The van der Waals surface area contributed by atoms with Crippen LogP contribution in [-0.2, 0) is 4.74 Å². The average Bonchev–Trinajstić information content (AvgIpc) is 2.89. The van der Waals surface area contributed by atoms with Crippen molar-refractivity contribution in [2.24, 2.45) is 0 Å². The van der Waals surface area contributed by atoms with Gasteiger partial charge in [-0.25, -0.2) is 14.4 Å². The van der Waals surface area contributed by atoms with Crippen LogP contribution in [0.25, 0.3) is 11.1 Å². The lowest BCUT2D eigenvalue weighted by molar-refractivity contribution is 0.0532. The predicted molar refractivity (Wildman–Crippen MR) is 149 cm³/mol. The Morgan fingerprint density at radius 2 is 1.84 bits per heavy atom. The molecule has 0 aliphatic carbocycles. The van der Waals surface area contributed by atoms with E-state index in [2.05, 4.69) is 50.9 Å². The highest BCUT2D eigenvalue weighted by molar-refractivity contribution is 6.32. The first-order valence-corrected chi connectivity index (χ1v) is 13.0. The van der Waals surface area contributed by atoms with Gasteiger partial charge in [0.25, 0.3) is 0 Å². The van der Waals surface area contributed by atoms with Crippen molar-refractivity contribution in [2.75, 3.05) is 67.2 Å². The van der Waals surface area contributed by atoms with Gasteiger partial charge in [-0.05, 0) is 50.7 Å². The number of morpholine rings is 1. The minimum absolute atomic E-state index is 0.169. The molecule has 8 nitrogen and oxygen atoms in total. The van der Waals surface area contributed by atoms with Crippen molar-refractivity contribution in [1.82, 2.24) is 14.9 Å². The summed E-state index contributed by atoms with van der Waals surface area (Å²) in [5.74, 6) is 0.103. The Balaban J connectivity index is 1.51. The lowest BCUT2D eigenvalue weighted by Crippen LogP contribution is -2.50. The molecule has 1 aromatic heterocycles. The number of anilines is 5. The van der Waals surface area contributed by atoms with E-state index in [-0.39, 0.29) is 22.8 Å². The van der Waals surface area contributed by atoms with Crippen molar-refractivity contribution in [3.05, 3.63) is 53.7 Å². The van der Waals surface area contributed by atoms with Crippen molar-refractivity contribution in [2.45, 2.75) is 26.0 Å². The Morgan fingerprint density at radius 1 is 1.05 bits per heavy atom. The second-order valence-electron chi connectivity index (χ2n) is 9.85. The van der Waals surface area contributed by atoms with Crippen LogP contribution in [0.2, 0.25) is 5.15 Å². The molecule has 2 aliphatic rings. The fourth-order valence-electron chi connectivity index (χ4n) is 4.92. The molecule has 2 aliphatic heterocycles. The monoisotopic (exact) mass is 525 g/mol. The third-order valence-electron chi connectivity index (χ3n) is 7.26. The van der Waals surface area contributed by atoms with Crippen molar-refractivity contribution < 1.29 is 9.13 Å². The van der Waals surface area contributed by atoms with Crippen LogP contribution in [-0.4, -0.2) is 73.4 Å². The first-order chi connectivity index (χ1) is 17.8. The molecule has 0 spiro atoms. The molecular formula is C27H33ClFN7O. The van der Waals surface area contributed by atoms with E-state index in [1.54, 1.807) is 6.07 Å². The maximum absolute atomic E-state index is 15.7. The highest BCUT2D eigenvalue weighted by Crippen LogP contribution is 2.38. The summed E-state index contributed by atoms with van der Waals surface area (Å²) in [7, 11) is 2.11. The van der Waals surface area contributed by atoms with Gasteiger partial charge in [-0.15, -0.1) is 0 Å². The number of hydrogen-bond acceptors (Lipinski definition) is 8. The molecule has 0 amide bonds. The van der Waals surface area contributed by atoms with Gasteiger partial charge >= 0.3 is 0 Å². The number of piperazine rings is 1. The number of aromatic nitrogens is 2. The third kappa shape index (κ3) is 5.44. The molecule has 3 N–H and O–H groups in total. The topological polar surface area (TPSA) is 82.8 Å². The van der Waals surface area contributed by atoms with Crippen LogP contribution in [0.15, 0.2) is 42.7 Å². The smallest absolute Gasteiger partial charge is 0.158 e. The number of benzene rings is 2. The number of likely N-dealkylation sites (N-methyl/N-ethyl adjacent to an activating group) is 1. The van der Waals surface area contributed by atoms with Crippen LogP contribution in [0, 0.1) is 5.82 Å². The number of halogens is 2. The largest absolute Gasteiger partial charge is 0.393 e. The van der Waals surface area contributed by atoms with Gasteiger partial charge in [-0.2, -0.15) is 0 Å². The van der Waals surface area contributed by atoms with Crippen LogP contribution in [0.3, 0.4) is 0 Å². The van der Waals surface area contributed by atoms with E-state index < -0.39 is 0 Å². The fourth-order valence-corrected chi connectivity index (χ4v) is 5.05. The molecule has 2 atom stereocenters. The Hall–Kier alpha value is -3.14. The summed E-state index contributed by atoms with van der Waals surface area (Å²) in [6, 6.07) is 11.8.